The van der Waals surface area contributed by atoms with E-state index in [-0.39, 0.29) is 11.9 Å². The van der Waals surface area contributed by atoms with Gasteiger partial charge in [-0.15, -0.1) is 0 Å². The van der Waals surface area contributed by atoms with Crippen LogP contribution >= 0.6 is 0 Å². The van der Waals surface area contributed by atoms with Crippen molar-refractivity contribution < 1.29 is 9.13 Å². The number of halogens is 1. The second-order valence-electron chi connectivity index (χ2n) is 5.32. The lowest BCUT2D eigenvalue weighted by atomic mass is 10.1. The highest BCUT2D eigenvalue weighted by Gasteiger charge is 2.25. The summed E-state index contributed by atoms with van der Waals surface area (Å²) in [7, 11) is 1.98. The fourth-order valence-electron chi connectivity index (χ4n) is 2.79. The largest absolute Gasteiger partial charge is 0.484 e. The minimum absolute atomic E-state index is 0.0250. The molecule has 4 nitrogen and oxygen atoms in total. The molecule has 2 heterocycles. The van der Waals surface area contributed by atoms with Crippen molar-refractivity contribution in [3.05, 3.63) is 17.9 Å². The topological polar surface area (TPSA) is 27.7 Å². The Morgan fingerprint density at radius 3 is 2.79 bits per heavy atom. The Bertz CT molecular complexity index is 474. The Labute approximate surface area is 113 Å². The van der Waals surface area contributed by atoms with Crippen molar-refractivity contribution in [1.29, 1.82) is 0 Å². The second kappa shape index (κ2) is 4.89. The lowest BCUT2D eigenvalue weighted by molar-refractivity contribution is 0.205. The first-order chi connectivity index (χ1) is 9.15. The number of anilines is 2. The molecule has 0 aliphatic carbocycles. The molecule has 19 heavy (non-hydrogen) atoms. The molecule has 0 saturated carbocycles. The van der Waals surface area contributed by atoms with Crippen LogP contribution in [0.2, 0.25) is 0 Å². The Balaban J connectivity index is 1.96. The van der Waals surface area contributed by atoms with Crippen molar-refractivity contribution in [3.63, 3.8) is 0 Å². The Morgan fingerprint density at radius 1 is 1.32 bits per heavy atom. The van der Waals surface area contributed by atoms with Gasteiger partial charge in [-0.3, -0.25) is 0 Å². The molecular formula is C14H20FN3O. The number of nitrogens with zero attached hydrogens (tertiary/aromatic N) is 2. The Hall–Kier alpha value is -1.49. The molecule has 1 atom stereocenters. The molecule has 0 bridgehead atoms. The molecule has 0 aromatic heterocycles. The Morgan fingerprint density at radius 2 is 2.05 bits per heavy atom. The van der Waals surface area contributed by atoms with Crippen molar-refractivity contribution in [1.82, 2.24) is 5.32 Å². The molecule has 2 aliphatic rings. The molecule has 1 saturated heterocycles. The lowest BCUT2D eigenvalue weighted by Crippen LogP contribution is -2.43. The number of rotatable bonds is 1. The van der Waals surface area contributed by atoms with Crippen LogP contribution in [0.1, 0.15) is 6.92 Å². The third-order valence-electron chi connectivity index (χ3n) is 3.75. The molecule has 1 aromatic carbocycles. The van der Waals surface area contributed by atoms with Crippen LogP contribution in [0.3, 0.4) is 0 Å². The van der Waals surface area contributed by atoms with Crippen LogP contribution in [-0.4, -0.2) is 45.9 Å². The lowest BCUT2D eigenvalue weighted by Gasteiger charge is -2.35. The number of piperazine rings is 1. The molecule has 1 N–H and O–H groups in total. The summed E-state index contributed by atoms with van der Waals surface area (Å²) in [6, 6.07) is 3.63. The minimum Gasteiger partial charge on any atom is -0.484 e. The second-order valence-corrected chi connectivity index (χ2v) is 5.32. The van der Waals surface area contributed by atoms with Gasteiger partial charge in [0.05, 0.1) is 12.2 Å². The number of benzene rings is 1. The van der Waals surface area contributed by atoms with Gasteiger partial charge in [-0.05, 0) is 13.0 Å². The third kappa shape index (κ3) is 2.34. The fourth-order valence-corrected chi connectivity index (χ4v) is 2.79. The van der Waals surface area contributed by atoms with E-state index in [1.165, 1.54) is 0 Å². The van der Waals surface area contributed by atoms with Gasteiger partial charge in [0.15, 0.2) is 11.6 Å². The van der Waals surface area contributed by atoms with Gasteiger partial charge < -0.3 is 19.9 Å². The van der Waals surface area contributed by atoms with Gasteiger partial charge in [-0.1, -0.05) is 0 Å². The monoisotopic (exact) mass is 265 g/mol. The summed E-state index contributed by atoms with van der Waals surface area (Å²) < 4.78 is 19.9. The quantitative estimate of drug-likeness (QED) is 0.832. The van der Waals surface area contributed by atoms with Crippen molar-refractivity contribution in [3.8, 4) is 5.75 Å². The van der Waals surface area contributed by atoms with E-state index < -0.39 is 0 Å². The van der Waals surface area contributed by atoms with E-state index in [0.717, 1.165) is 44.1 Å². The molecule has 2 aliphatic heterocycles. The normalized spacial score (nSPS) is 23.0. The van der Waals surface area contributed by atoms with E-state index in [9.17, 15) is 4.39 Å². The number of ether oxygens (including phenoxy) is 1. The molecule has 0 spiro atoms. The van der Waals surface area contributed by atoms with Crippen LogP contribution < -0.4 is 19.9 Å². The van der Waals surface area contributed by atoms with Crippen molar-refractivity contribution in [2.24, 2.45) is 0 Å². The van der Waals surface area contributed by atoms with Gasteiger partial charge in [0, 0.05) is 45.0 Å². The van der Waals surface area contributed by atoms with E-state index in [1.54, 1.807) is 6.07 Å². The summed E-state index contributed by atoms with van der Waals surface area (Å²) in [5.74, 6) is 0.129. The van der Waals surface area contributed by atoms with E-state index >= 15 is 0 Å². The van der Waals surface area contributed by atoms with E-state index in [0.29, 0.717) is 5.75 Å². The summed E-state index contributed by atoms with van der Waals surface area (Å²) in [5.41, 5.74) is 1.80. The van der Waals surface area contributed by atoms with E-state index in [2.05, 4.69) is 15.1 Å². The number of nitrogens with one attached hydrogen (secondary N) is 1. The number of fused-ring (bicyclic) bond motifs is 1. The van der Waals surface area contributed by atoms with E-state index in [4.69, 9.17) is 4.74 Å². The number of likely N-dealkylation sites (N-methyl/N-ethyl adjacent to an activating group) is 1. The summed E-state index contributed by atoms with van der Waals surface area (Å²) >= 11 is 0. The van der Waals surface area contributed by atoms with Crippen LogP contribution in [0.5, 0.6) is 5.75 Å². The highest BCUT2D eigenvalue weighted by molar-refractivity contribution is 5.68. The summed E-state index contributed by atoms with van der Waals surface area (Å²) in [6.45, 7) is 6.48. The van der Waals surface area contributed by atoms with Gasteiger partial charge >= 0.3 is 0 Å². The Kier molecular flexibility index (Phi) is 3.22. The zero-order chi connectivity index (χ0) is 13.4. The van der Waals surface area contributed by atoms with Gasteiger partial charge in [0.2, 0.25) is 0 Å². The van der Waals surface area contributed by atoms with Crippen molar-refractivity contribution in [2.45, 2.75) is 13.0 Å². The first-order valence-corrected chi connectivity index (χ1v) is 6.82. The van der Waals surface area contributed by atoms with E-state index in [1.807, 2.05) is 20.0 Å². The third-order valence-corrected chi connectivity index (χ3v) is 3.75. The predicted octanol–water partition coefficient (Wildman–Crippen LogP) is 1.45. The van der Waals surface area contributed by atoms with Gasteiger partial charge in [-0.2, -0.15) is 0 Å². The van der Waals surface area contributed by atoms with Crippen LogP contribution in [0.15, 0.2) is 12.1 Å². The fraction of sp³-hybridized carbons (Fsp3) is 0.571. The van der Waals surface area contributed by atoms with Crippen LogP contribution in [-0.2, 0) is 0 Å². The number of hydrogen-bond acceptors (Lipinski definition) is 4. The zero-order valence-electron chi connectivity index (χ0n) is 11.4. The maximum Gasteiger partial charge on any atom is 0.178 e. The number of hydrogen-bond donors (Lipinski definition) is 1. The summed E-state index contributed by atoms with van der Waals surface area (Å²) in [4.78, 5) is 4.28. The highest BCUT2D eigenvalue weighted by Crippen LogP contribution is 2.38. The smallest absolute Gasteiger partial charge is 0.178 e. The van der Waals surface area contributed by atoms with Gasteiger partial charge in [-0.25, -0.2) is 4.39 Å². The molecule has 1 aromatic rings. The molecule has 1 unspecified atom stereocenters. The molecular weight excluding hydrogens is 245 g/mol. The van der Waals surface area contributed by atoms with Crippen molar-refractivity contribution in [2.75, 3.05) is 49.6 Å². The minimum atomic E-state index is -0.260. The van der Waals surface area contributed by atoms with Crippen LogP contribution in [0.25, 0.3) is 0 Å². The molecule has 5 heteroatoms. The molecule has 3 rings (SSSR count). The summed E-state index contributed by atoms with van der Waals surface area (Å²) in [6.07, 6.45) is 0.0250. The standard InChI is InChI=1S/C14H20FN3O/c1-10-9-17(2)13-8-11(7-12(15)14(13)19-10)18-5-3-16-4-6-18/h7-8,10,16H,3-6,9H2,1-2H3. The first kappa shape index (κ1) is 12.5. The maximum atomic E-state index is 14.2. The highest BCUT2D eigenvalue weighted by atomic mass is 19.1. The average molecular weight is 265 g/mol. The van der Waals surface area contributed by atoms with Crippen molar-refractivity contribution >= 4 is 11.4 Å². The predicted molar refractivity (Wildman–Crippen MR) is 74.8 cm³/mol. The molecule has 104 valence electrons. The van der Waals surface area contributed by atoms with Gasteiger partial charge in [0.25, 0.3) is 0 Å². The zero-order valence-corrected chi connectivity index (χ0v) is 11.4. The first-order valence-electron chi connectivity index (χ1n) is 6.82. The van der Waals surface area contributed by atoms with Crippen LogP contribution in [0, 0.1) is 5.82 Å². The summed E-state index contributed by atoms with van der Waals surface area (Å²) in [5, 5.41) is 3.31. The van der Waals surface area contributed by atoms with Crippen LogP contribution in [0.4, 0.5) is 15.8 Å². The molecule has 0 radical (unpaired) electrons. The molecule has 1 fully saturated rings. The SMILES string of the molecule is CC1CN(C)c2cc(N3CCNCC3)cc(F)c2O1. The van der Waals surface area contributed by atoms with Gasteiger partial charge in [0.1, 0.15) is 6.10 Å². The average Bonchev–Trinajstić information content (AvgIpc) is 2.41. The molecule has 0 amide bonds. The maximum absolute atomic E-state index is 14.2.